The van der Waals surface area contributed by atoms with Crippen LogP contribution >= 0.6 is 11.3 Å². The van der Waals surface area contributed by atoms with Gasteiger partial charge >= 0.3 is 5.97 Å². The van der Waals surface area contributed by atoms with Gasteiger partial charge in [0.05, 0.1) is 6.42 Å². The number of nitrogens with one attached hydrogen (secondary N) is 1. The Labute approximate surface area is 152 Å². The lowest BCUT2D eigenvalue weighted by atomic mass is 9.98. The summed E-state index contributed by atoms with van der Waals surface area (Å²) >= 11 is 1.11. The number of rotatable bonds is 8. The Morgan fingerprint density at radius 1 is 1.28 bits per heavy atom. The highest BCUT2D eigenvalue weighted by Crippen LogP contribution is 2.27. The van der Waals surface area contributed by atoms with Gasteiger partial charge in [0.15, 0.2) is 0 Å². The van der Waals surface area contributed by atoms with Crippen molar-refractivity contribution in [1.29, 1.82) is 0 Å². The summed E-state index contributed by atoms with van der Waals surface area (Å²) in [5.74, 6) is -1.15. The van der Waals surface area contributed by atoms with Gasteiger partial charge in [-0.15, -0.1) is 11.3 Å². The minimum Gasteiger partial charge on any atom is -0.481 e. The second-order valence-electron chi connectivity index (χ2n) is 6.83. The summed E-state index contributed by atoms with van der Waals surface area (Å²) in [4.78, 5) is 23.5. The van der Waals surface area contributed by atoms with Crippen molar-refractivity contribution in [1.82, 2.24) is 9.62 Å². The second kappa shape index (κ2) is 7.84. The average molecular weight is 389 g/mol. The quantitative estimate of drug-likeness (QED) is 0.707. The molecular weight excluding hydrogens is 364 g/mol. The first-order valence-electron chi connectivity index (χ1n) is 8.22. The molecule has 0 unspecified atom stereocenters. The van der Waals surface area contributed by atoms with E-state index in [1.807, 2.05) is 0 Å². The SMILES string of the molecule is CC(C)(CCC(=O)O)NC(=O)Cc1ccc(S(=O)(=O)N2CCCC2)s1. The molecule has 1 aromatic heterocycles. The molecule has 1 fully saturated rings. The van der Waals surface area contributed by atoms with Gasteiger partial charge in [-0.05, 0) is 45.2 Å². The van der Waals surface area contributed by atoms with Crippen molar-refractivity contribution in [3.8, 4) is 0 Å². The molecule has 1 saturated heterocycles. The molecular formula is C16H24N2O5S2. The number of hydrogen-bond acceptors (Lipinski definition) is 5. The smallest absolute Gasteiger partial charge is 0.303 e. The molecule has 0 aromatic carbocycles. The standard InChI is InChI=1S/C16H24N2O5S2/c1-16(2,8-7-14(20)21)17-13(19)11-12-5-6-15(24-12)25(22,23)18-9-3-4-10-18/h5-6H,3-4,7-11H2,1-2H3,(H,17,19)(H,20,21). The molecule has 2 heterocycles. The fourth-order valence-electron chi connectivity index (χ4n) is 2.71. The number of hydrogen-bond donors (Lipinski definition) is 2. The highest BCUT2D eigenvalue weighted by atomic mass is 32.2. The van der Waals surface area contributed by atoms with Crippen molar-refractivity contribution in [2.24, 2.45) is 0 Å². The van der Waals surface area contributed by atoms with Crippen LogP contribution in [0.15, 0.2) is 16.3 Å². The topological polar surface area (TPSA) is 104 Å². The van der Waals surface area contributed by atoms with Crippen molar-refractivity contribution in [2.75, 3.05) is 13.1 Å². The zero-order chi connectivity index (χ0) is 18.7. The van der Waals surface area contributed by atoms with Crippen molar-refractivity contribution in [3.63, 3.8) is 0 Å². The average Bonchev–Trinajstić information content (AvgIpc) is 3.16. The monoisotopic (exact) mass is 388 g/mol. The van der Waals surface area contributed by atoms with Crippen molar-refractivity contribution < 1.29 is 23.1 Å². The zero-order valence-electron chi connectivity index (χ0n) is 14.4. The predicted molar refractivity (Wildman–Crippen MR) is 95.1 cm³/mol. The zero-order valence-corrected chi connectivity index (χ0v) is 16.1. The normalized spacial score (nSPS) is 16.1. The van der Waals surface area contributed by atoms with Crippen LogP contribution in [0.4, 0.5) is 0 Å². The minimum atomic E-state index is -3.45. The molecule has 0 atom stereocenters. The van der Waals surface area contributed by atoms with Gasteiger partial charge in [0.1, 0.15) is 4.21 Å². The van der Waals surface area contributed by atoms with E-state index in [9.17, 15) is 18.0 Å². The number of carbonyl (C=O) groups excluding carboxylic acids is 1. The Morgan fingerprint density at radius 2 is 1.92 bits per heavy atom. The first-order valence-corrected chi connectivity index (χ1v) is 10.5. The van der Waals surface area contributed by atoms with Crippen LogP contribution in [0.25, 0.3) is 0 Å². The number of aliphatic carboxylic acids is 1. The fraction of sp³-hybridized carbons (Fsp3) is 0.625. The predicted octanol–water partition coefficient (Wildman–Crippen LogP) is 1.83. The minimum absolute atomic E-state index is 0.0233. The number of thiophene rings is 1. The first kappa shape index (κ1) is 19.9. The van der Waals surface area contributed by atoms with Crippen LogP contribution in [-0.4, -0.2) is 48.3 Å². The van der Waals surface area contributed by atoms with Crippen LogP contribution in [0.3, 0.4) is 0 Å². The maximum atomic E-state index is 12.5. The Hall–Kier alpha value is -1.45. The molecule has 2 N–H and O–H groups in total. The lowest BCUT2D eigenvalue weighted by molar-refractivity contribution is -0.137. The van der Waals surface area contributed by atoms with Gasteiger partial charge in [-0.3, -0.25) is 9.59 Å². The molecule has 0 aliphatic carbocycles. The van der Waals surface area contributed by atoms with E-state index in [1.54, 1.807) is 26.0 Å². The summed E-state index contributed by atoms with van der Waals surface area (Å²) < 4.78 is 26.7. The lowest BCUT2D eigenvalue weighted by Gasteiger charge is -2.25. The van der Waals surface area contributed by atoms with Crippen LogP contribution in [0.1, 0.15) is 44.4 Å². The summed E-state index contributed by atoms with van der Waals surface area (Å²) in [6.45, 7) is 4.64. The van der Waals surface area contributed by atoms with Gasteiger partial charge in [-0.25, -0.2) is 8.42 Å². The summed E-state index contributed by atoms with van der Waals surface area (Å²) in [5.41, 5.74) is -0.628. The van der Waals surface area contributed by atoms with Crippen molar-refractivity contribution in [2.45, 2.75) is 55.7 Å². The fourth-order valence-corrected chi connectivity index (χ4v) is 5.74. The summed E-state index contributed by atoms with van der Waals surface area (Å²) in [6, 6.07) is 3.22. The van der Waals surface area contributed by atoms with Crippen LogP contribution in [0, 0.1) is 0 Å². The molecule has 0 spiro atoms. The molecule has 0 saturated carbocycles. The second-order valence-corrected chi connectivity index (χ2v) is 10.2. The third-order valence-corrected chi connectivity index (χ3v) is 7.52. The van der Waals surface area contributed by atoms with Crippen LogP contribution in [-0.2, 0) is 26.0 Å². The molecule has 2 rings (SSSR count). The first-order chi connectivity index (χ1) is 11.6. The van der Waals surface area contributed by atoms with Crippen LogP contribution < -0.4 is 5.32 Å². The van der Waals surface area contributed by atoms with E-state index in [0.717, 1.165) is 24.2 Å². The molecule has 9 heteroatoms. The molecule has 1 amide bonds. The number of amides is 1. The van der Waals surface area contributed by atoms with E-state index in [-0.39, 0.29) is 23.0 Å². The van der Waals surface area contributed by atoms with Crippen LogP contribution in [0.5, 0.6) is 0 Å². The molecule has 140 valence electrons. The largest absolute Gasteiger partial charge is 0.481 e. The molecule has 1 aliphatic heterocycles. The van der Waals surface area contributed by atoms with Crippen molar-refractivity contribution >= 4 is 33.2 Å². The number of sulfonamides is 1. The van der Waals surface area contributed by atoms with Gasteiger partial charge in [0.2, 0.25) is 5.91 Å². The van der Waals surface area contributed by atoms with Gasteiger partial charge in [0.25, 0.3) is 10.0 Å². The lowest BCUT2D eigenvalue weighted by Crippen LogP contribution is -2.44. The van der Waals surface area contributed by atoms with E-state index >= 15 is 0 Å². The highest BCUT2D eigenvalue weighted by molar-refractivity contribution is 7.91. The van der Waals surface area contributed by atoms with Crippen molar-refractivity contribution in [3.05, 3.63) is 17.0 Å². The molecule has 0 radical (unpaired) electrons. The summed E-state index contributed by atoms with van der Waals surface area (Å²) in [6.07, 6.45) is 2.14. The van der Waals surface area contributed by atoms with E-state index in [2.05, 4.69) is 5.32 Å². The Bertz CT molecular complexity index is 733. The Morgan fingerprint density at radius 3 is 2.52 bits per heavy atom. The molecule has 1 aromatic rings. The van der Waals surface area contributed by atoms with E-state index in [1.165, 1.54) is 4.31 Å². The number of carboxylic acids is 1. The van der Waals surface area contributed by atoms with Gasteiger partial charge in [-0.1, -0.05) is 0 Å². The van der Waals surface area contributed by atoms with E-state index in [0.29, 0.717) is 24.4 Å². The third-order valence-electron chi connectivity index (χ3n) is 4.07. The molecule has 25 heavy (non-hydrogen) atoms. The molecule has 0 bridgehead atoms. The molecule has 1 aliphatic rings. The number of carbonyl (C=O) groups is 2. The maximum Gasteiger partial charge on any atom is 0.303 e. The van der Waals surface area contributed by atoms with E-state index in [4.69, 9.17) is 5.11 Å². The van der Waals surface area contributed by atoms with E-state index < -0.39 is 21.5 Å². The Balaban J connectivity index is 1.96. The van der Waals surface area contributed by atoms with Gasteiger partial charge < -0.3 is 10.4 Å². The maximum absolute atomic E-state index is 12.5. The number of carboxylic acid groups (broad SMARTS) is 1. The third kappa shape index (κ3) is 5.52. The van der Waals surface area contributed by atoms with Crippen LogP contribution in [0.2, 0.25) is 0 Å². The summed E-state index contributed by atoms with van der Waals surface area (Å²) in [5, 5.41) is 11.6. The van der Waals surface area contributed by atoms with Gasteiger partial charge in [0, 0.05) is 29.9 Å². The molecule has 7 nitrogen and oxygen atoms in total. The summed E-state index contributed by atoms with van der Waals surface area (Å²) in [7, 11) is -3.45. The highest BCUT2D eigenvalue weighted by Gasteiger charge is 2.29. The number of nitrogens with zero attached hydrogens (tertiary/aromatic N) is 1. The Kier molecular flexibility index (Phi) is 6.23. The van der Waals surface area contributed by atoms with Gasteiger partial charge in [-0.2, -0.15) is 4.31 Å².